The third kappa shape index (κ3) is 6.89. The molecule has 0 aromatic heterocycles. The van der Waals surface area contributed by atoms with Crippen LogP contribution < -0.4 is 14.9 Å². The van der Waals surface area contributed by atoms with E-state index in [1.54, 1.807) is 13.3 Å². The van der Waals surface area contributed by atoms with Crippen molar-refractivity contribution in [2.75, 3.05) is 7.11 Å². The van der Waals surface area contributed by atoms with E-state index < -0.39 is 0 Å². The fourth-order valence-corrected chi connectivity index (χ4v) is 3.62. The lowest BCUT2D eigenvalue weighted by Gasteiger charge is -2.11. The Hall–Kier alpha value is -3.25. The molecule has 0 aliphatic rings. The number of rotatable bonds is 9. The van der Waals surface area contributed by atoms with E-state index in [9.17, 15) is 4.79 Å². The number of benzene rings is 3. The number of nitrogens with one attached hydrogen (secondary N) is 1. The highest BCUT2D eigenvalue weighted by Gasteiger charge is 2.13. The maximum atomic E-state index is 12.3. The number of methoxy groups -OCH3 is 1. The standard InChI is InChI=1S/C25H26N2O3S/c1-18-9-12-22(13-10-18)31-19(2)25(28)27-26-16-21-11-14-23(24(15-21)29-3)30-17-20-7-5-4-6-8-20/h4-16,19H,17H2,1-3H3,(H,27,28)/b26-16-/t19-/m1/s1. The molecule has 5 nitrogen and oxygen atoms in total. The van der Waals surface area contributed by atoms with E-state index in [4.69, 9.17) is 9.47 Å². The number of hydrogen-bond donors (Lipinski definition) is 1. The Morgan fingerprint density at radius 2 is 1.81 bits per heavy atom. The zero-order chi connectivity index (χ0) is 22.1. The maximum Gasteiger partial charge on any atom is 0.253 e. The molecule has 3 rings (SSSR count). The van der Waals surface area contributed by atoms with Crippen LogP contribution in [0, 0.1) is 6.92 Å². The van der Waals surface area contributed by atoms with Gasteiger partial charge in [-0.1, -0.05) is 48.0 Å². The van der Waals surface area contributed by atoms with E-state index in [1.807, 2.05) is 86.6 Å². The number of carbonyl (C=O) groups is 1. The van der Waals surface area contributed by atoms with Gasteiger partial charge in [-0.25, -0.2) is 5.43 Å². The molecule has 0 unspecified atom stereocenters. The van der Waals surface area contributed by atoms with Crippen molar-refractivity contribution in [3.8, 4) is 11.5 Å². The molecule has 160 valence electrons. The third-order valence-corrected chi connectivity index (χ3v) is 5.63. The Morgan fingerprint density at radius 1 is 1.06 bits per heavy atom. The molecular formula is C25H26N2O3S. The van der Waals surface area contributed by atoms with Crippen LogP contribution in [-0.4, -0.2) is 24.5 Å². The van der Waals surface area contributed by atoms with Gasteiger partial charge in [-0.15, -0.1) is 11.8 Å². The van der Waals surface area contributed by atoms with Gasteiger partial charge in [0.25, 0.3) is 5.91 Å². The van der Waals surface area contributed by atoms with Crippen LogP contribution in [0.2, 0.25) is 0 Å². The first-order chi connectivity index (χ1) is 15.0. The second kappa shape index (κ2) is 11.2. The molecule has 1 N–H and O–H groups in total. The zero-order valence-electron chi connectivity index (χ0n) is 17.9. The summed E-state index contributed by atoms with van der Waals surface area (Å²) in [6, 6.07) is 23.6. The molecule has 1 atom stereocenters. The summed E-state index contributed by atoms with van der Waals surface area (Å²) in [5, 5.41) is 3.82. The van der Waals surface area contributed by atoms with Crippen LogP contribution in [0.4, 0.5) is 0 Å². The first-order valence-corrected chi connectivity index (χ1v) is 10.8. The predicted octanol–water partition coefficient (Wildman–Crippen LogP) is 5.21. The van der Waals surface area contributed by atoms with Gasteiger partial charge in [0.05, 0.1) is 18.6 Å². The van der Waals surface area contributed by atoms with E-state index in [2.05, 4.69) is 10.5 Å². The Labute approximate surface area is 187 Å². The average Bonchev–Trinajstić information content (AvgIpc) is 2.80. The van der Waals surface area contributed by atoms with Gasteiger partial charge in [-0.2, -0.15) is 5.10 Å². The molecule has 0 aliphatic carbocycles. The SMILES string of the molecule is COc1cc(/C=N\NC(=O)[C@@H](C)Sc2ccc(C)cc2)ccc1OCc1ccccc1. The highest BCUT2D eigenvalue weighted by atomic mass is 32.2. The number of thioether (sulfide) groups is 1. The molecule has 0 aliphatic heterocycles. The first-order valence-electron chi connectivity index (χ1n) is 9.96. The van der Waals surface area contributed by atoms with E-state index in [0.29, 0.717) is 18.1 Å². The minimum atomic E-state index is -0.261. The van der Waals surface area contributed by atoms with Crippen molar-refractivity contribution in [2.24, 2.45) is 5.10 Å². The monoisotopic (exact) mass is 434 g/mol. The van der Waals surface area contributed by atoms with Crippen LogP contribution in [0.1, 0.15) is 23.6 Å². The van der Waals surface area contributed by atoms with Gasteiger partial charge in [-0.3, -0.25) is 4.79 Å². The van der Waals surface area contributed by atoms with Crippen LogP contribution in [0.5, 0.6) is 11.5 Å². The summed E-state index contributed by atoms with van der Waals surface area (Å²) in [7, 11) is 1.59. The molecule has 0 radical (unpaired) electrons. The zero-order valence-corrected chi connectivity index (χ0v) is 18.7. The number of aryl methyl sites for hydroxylation is 1. The van der Waals surface area contributed by atoms with Gasteiger partial charge in [-0.05, 0) is 55.3 Å². The summed E-state index contributed by atoms with van der Waals surface area (Å²) in [6.07, 6.45) is 1.59. The van der Waals surface area contributed by atoms with Crippen LogP contribution in [0.25, 0.3) is 0 Å². The number of carbonyl (C=O) groups excluding carboxylic acids is 1. The van der Waals surface area contributed by atoms with Crippen LogP contribution in [0.15, 0.2) is 82.8 Å². The Bertz CT molecular complexity index is 1020. The number of hydrogen-bond acceptors (Lipinski definition) is 5. The smallest absolute Gasteiger partial charge is 0.253 e. The van der Waals surface area contributed by atoms with E-state index in [0.717, 1.165) is 16.0 Å². The second-order valence-corrected chi connectivity index (χ2v) is 8.41. The van der Waals surface area contributed by atoms with E-state index >= 15 is 0 Å². The maximum absolute atomic E-state index is 12.3. The number of amides is 1. The predicted molar refractivity (Wildman–Crippen MR) is 126 cm³/mol. The van der Waals surface area contributed by atoms with Gasteiger partial charge in [0.15, 0.2) is 11.5 Å². The molecular weight excluding hydrogens is 408 g/mol. The quantitative estimate of drug-likeness (QED) is 0.285. The van der Waals surface area contributed by atoms with Gasteiger partial charge in [0, 0.05) is 4.90 Å². The highest BCUT2D eigenvalue weighted by molar-refractivity contribution is 8.00. The fraction of sp³-hybridized carbons (Fsp3) is 0.200. The molecule has 0 saturated heterocycles. The summed E-state index contributed by atoms with van der Waals surface area (Å²) < 4.78 is 11.3. The van der Waals surface area contributed by atoms with Crippen molar-refractivity contribution in [3.63, 3.8) is 0 Å². The van der Waals surface area contributed by atoms with Crippen molar-refractivity contribution >= 4 is 23.9 Å². The highest BCUT2D eigenvalue weighted by Crippen LogP contribution is 2.28. The van der Waals surface area contributed by atoms with E-state index in [1.165, 1.54) is 17.3 Å². The normalized spacial score (nSPS) is 11.8. The minimum Gasteiger partial charge on any atom is -0.493 e. The van der Waals surface area contributed by atoms with Crippen molar-refractivity contribution in [3.05, 3.63) is 89.5 Å². The number of hydrazone groups is 1. The average molecular weight is 435 g/mol. The van der Waals surface area contributed by atoms with E-state index in [-0.39, 0.29) is 11.2 Å². The van der Waals surface area contributed by atoms with Gasteiger partial charge >= 0.3 is 0 Å². The van der Waals surface area contributed by atoms with Crippen LogP contribution in [-0.2, 0) is 11.4 Å². The summed E-state index contributed by atoms with van der Waals surface area (Å²) in [5.74, 6) is 1.10. The molecule has 31 heavy (non-hydrogen) atoms. The first kappa shape index (κ1) is 22.4. The number of ether oxygens (including phenoxy) is 2. The summed E-state index contributed by atoms with van der Waals surface area (Å²) in [4.78, 5) is 13.4. The molecule has 3 aromatic rings. The molecule has 6 heteroatoms. The Morgan fingerprint density at radius 3 is 2.52 bits per heavy atom. The van der Waals surface area contributed by atoms with Crippen LogP contribution >= 0.6 is 11.8 Å². The van der Waals surface area contributed by atoms with Crippen molar-refractivity contribution < 1.29 is 14.3 Å². The van der Waals surface area contributed by atoms with Crippen molar-refractivity contribution in [2.45, 2.75) is 30.6 Å². The summed E-state index contributed by atoms with van der Waals surface area (Å²) in [6.45, 7) is 4.35. The van der Waals surface area contributed by atoms with Gasteiger partial charge < -0.3 is 9.47 Å². The fourth-order valence-electron chi connectivity index (χ4n) is 2.75. The molecule has 3 aromatic carbocycles. The summed E-state index contributed by atoms with van der Waals surface area (Å²) in [5.41, 5.74) is 5.67. The largest absolute Gasteiger partial charge is 0.493 e. The van der Waals surface area contributed by atoms with Crippen LogP contribution in [0.3, 0.4) is 0 Å². The molecule has 0 saturated carbocycles. The third-order valence-electron chi connectivity index (χ3n) is 4.52. The Balaban J connectivity index is 1.54. The van der Waals surface area contributed by atoms with Crippen molar-refractivity contribution in [1.29, 1.82) is 0 Å². The molecule has 0 bridgehead atoms. The molecule has 1 amide bonds. The van der Waals surface area contributed by atoms with Gasteiger partial charge in [0.2, 0.25) is 0 Å². The molecule has 0 heterocycles. The Kier molecular flexibility index (Phi) is 8.12. The minimum absolute atomic E-state index is 0.156. The lowest BCUT2D eigenvalue weighted by Crippen LogP contribution is -2.26. The van der Waals surface area contributed by atoms with Crippen molar-refractivity contribution in [1.82, 2.24) is 5.43 Å². The lowest BCUT2D eigenvalue weighted by molar-refractivity contribution is -0.120. The summed E-state index contributed by atoms with van der Waals surface area (Å²) >= 11 is 1.50. The van der Waals surface area contributed by atoms with Gasteiger partial charge in [0.1, 0.15) is 6.61 Å². The second-order valence-electron chi connectivity index (χ2n) is 6.99. The number of nitrogens with zero attached hydrogens (tertiary/aromatic N) is 1. The topological polar surface area (TPSA) is 59.9 Å². The lowest BCUT2D eigenvalue weighted by atomic mass is 10.2. The molecule has 0 spiro atoms. The molecule has 0 fully saturated rings.